The average molecular weight is 410 g/mol. The van der Waals surface area contributed by atoms with E-state index in [-0.39, 0.29) is 29.4 Å². The van der Waals surface area contributed by atoms with E-state index in [4.69, 9.17) is 10.00 Å². The van der Waals surface area contributed by atoms with Gasteiger partial charge in [0.25, 0.3) is 0 Å². The Kier molecular flexibility index (Phi) is 4.31. The molecule has 0 saturated heterocycles. The second kappa shape index (κ2) is 7.02. The highest BCUT2D eigenvalue weighted by atomic mass is 19.1. The number of fused-ring (bicyclic) bond motifs is 1. The molecule has 1 saturated carbocycles. The summed E-state index contributed by atoms with van der Waals surface area (Å²) in [4.78, 5) is 20.9. The Balaban J connectivity index is 1.32. The van der Waals surface area contributed by atoms with Gasteiger partial charge in [-0.05, 0) is 24.1 Å². The fourth-order valence-electron chi connectivity index (χ4n) is 4.10. The predicted octanol–water partition coefficient (Wildman–Crippen LogP) is 2.30. The molecular weight excluding hydrogens is 394 g/mol. The smallest absolute Gasteiger partial charge is 0.346 e. The number of ether oxygens (including phenoxy) is 1. The van der Waals surface area contributed by atoms with Crippen LogP contribution in [0.3, 0.4) is 0 Å². The molecule has 1 atom stereocenters. The molecule has 8 nitrogen and oxygen atoms in total. The number of hydrogen-bond acceptors (Lipinski definition) is 6. The molecule has 0 bridgehead atoms. The van der Waals surface area contributed by atoms with Crippen molar-refractivity contribution in [3.05, 3.63) is 69.8 Å². The third-order valence-electron chi connectivity index (χ3n) is 5.56. The van der Waals surface area contributed by atoms with Crippen LogP contribution in [0.1, 0.15) is 48.4 Å². The quantitative estimate of drug-likeness (QED) is 0.655. The zero-order chi connectivity index (χ0) is 20.8. The molecule has 2 aliphatic rings. The van der Waals surface area contributed by atoms with E-state index in [2.05, 4.69) is 15.1 Å². The third-order valence-corrected chi connectivity index (χ3v) is 5.56. The van der Waals surface area contributed by atoms with Crippen molar-refractivity contribution in [3.8, 4) is 11.9 Å². The summed E-state index contributed by atoms with van der Waals surface area (Å²) >= 11 is 0. The summed E-state index contributed by atoms with van der Waals surface area (Å²) in [6.07, 6.45) is 4.90. The van der Waals surface area contributed by atoms with E-state index in [0.717, 1.165) is 6.07 Å². The third kappa shape index (κ3) is 3.12. The number of halogens is 2. The van der Waals surface area contributed by atoms with E-state index in [0.29, 0.717) is 37.1 Å². The van der Waals surface area contributed by atoms with Gasteiger partial charge in [0.1, 0.15) is 29.6 Å². The lowest BCUT2D eigenvalue weighted by molar-refractivity contribution is 0.0580. The van der Waals surface area contributed by atoms with Crippen LogP contribution in [0.15, 0.2) is 35.4 Å². The first-order chi connectivity index (χ1) is 14.5. The molecule has 0 N–H and O–H groups in total. The van der Waals surface area contributed by atoms with E-state index in [1.165, 1.54) is 33.8 Å². The van der Waals surface area contributed by atoms with Gasteiger partial charge in [-0.2, -0.15) is 15.3 Å². The molecule has 1 fully saturated rings. The van der Waals surface area contributed by atoms with Crippen molar-refractivity contribution < 1.29 is 13.5 Å². The minimum absolute atomic E-state index is 0.127. The molecule has 0 radical (unpaired) electrons. The van der Waals surface area contributed by atoms with E-state index in [1.54, 1.807) is 0 Å². The maximum absolute atomic E-state index is 13.6. The lowest BCUT2D eigenvalue weighted by Gasteiger charge is -2.34. The lowest BCUT2D eigenvalue weighted by atomic mass is 9.89. The average Bonchev–Trinajstić information content (AvgIpc) is 3.24. The summed E-state index contributed by atoms with van der Waals surface area (Å²) in [5.41, 5.74) is 0.315. The highest BCUT2D eigenvalue weighted by Crippen LogP contribution is 2.35. The Hall–Kier alpha value is -3.61. The second-order valence-electron chi connectivity index (χ2n) is 7.49. The zero-order valence-corrected chi connectivity index (χ0v) is 15.7. The van der Waals surface area contributed by atoms with Crippen molar-refractivity contribution in [3.63, 3.8) is 0 Å². The van der Waals surface area contributed by atoms with E-state index >= 15 is 0 Å². The minimum Gasteiger partial charge on any atom is -0.473 e. The Bertz CT molecular complexity index is 1200. The van der Waals surface area contributed by atoms with Gasteiger partial charge in [-0.1, -0.05) is 0 Å². The number of aromatic nitrogens is 5. The summed E-state index contributed by atoms with van der Waals surface area (Å²) in [7, 11) is 0. The van der Waals surface area contributed by atoms with E-state index in [9.17, 15) is 13.6 Å². The van der Waals surface area contributed by atoms with Crippen molar-refractivity contribution in [1.82, 2.24) is 24.3 Å². The van der Waals surface area contributed by atoms with E-state index in [1.807, 2.05) is 6.07 Å². The molecule has 3 heterocycles. The largest absolute Gasteiger partial charge is 0.473 e. The fraction of sp³-hybridized carbons (Fsp3) is 0.350. The topological polar surface area (TPSA) is 98.6 Å². The first kappa shape index (κ1) is 18.4. The minimum atomic E-state index is -0.665. The van der Waals surface area contributed by atoms with Gasteiger partial charge in [0.05, 0.1) is 24.5 Å². The molecular formula is C20H16F2N6O2. The van der Waals surface area contributed by atoms with Gasteiger partial charge < -0.3 is 4.74 Å². The monoisotopic (exact) mass is 410 g/mol. The Morgan fingerprint density at radius 2 is 1.93 bits per heavy atom. The van der Waals surface area contributed by atoms with Gasteiger partial charge in [0.15, 0.2) is 5.69 Å². The highest BCUT2D eigenvalue weighted by Gasteiger charge is 2.38. The van der Waals surface area contributed by atoms with Gasteiger partial charge in [0.2, 0.25) is 5.88 Å². The molecule has 152 valence electrons. The zero-order valence-electron chi connectivity index (χ0n) is 15.7. The van der Waals surface area contributed by atoms with E-state index < -0.39 is 17.7 Å². The van der Waals surface area contributed by atoms with Crippen molar-refractivity contribution in [2.45, 2.75) is 43.9 Å². The summed E-state index contributed by atoms with van der Waals surface area (Å²) in [6, 6.07) is 4.69. The molecule has 5 rings (SSSR count). The van der Waals surface area contributed by atoms with Gasteiger partial charge in [-0.3, -0.25) is 9.55 Å². The highest BCUT2D eigenvalue weighted by molar-refractivity contribution is 5.25. The van der Waals surface area contributed by atoms with Crippen LogP contribution in [0.5, 0.6) is 5.88 Å². The summed E-state index contributed by atoms with van der Waals surface area (Å²) < 4.78 is 36.0. The van der Waals surface area contributed by atoms with Crippen LogP contribution in [-0.2, 0) is 6.42 Å². The number of nitriles is 1. The van der Waals surface area contributed by atoms with Crippen LogP contribution in [-0.4, -0.2) is 30.4 Å². The Morgan fingerprint density at radius 1 is 1.17 bits per heavy atom. The first-order valence-electron chi connectivity index (χ1n) is 9.56. The fourth-order valence-corrected chi connectivity index (χ4v) is 4.10. The summed E-state index contributed by atoms with van der Waals surface area (Å²) in [5.74, 6) is -0.445. The Morgan fingerprint density at radius 3 is 2.67 bits per heavy atom. The maximum atomic E-state index is 13.6. The van der Waals surface area contributed by atoms with Gasteiger partial charge >= 0.3 is 5.69 Å². The number of hydrogen-bond donors (Lipinski definition) is 0. The molecule has 2 aromatic heterocycles. The van der Waals surface area contributed by atoms with Crippen molar-refractivity contribution in [1.29, 1.82) is 5.26 Å². The summed E-state index contributed by atoms with van der Waals surface area (Å²) in [6.45, 7) is 0. The molecule has 0 spiro atoms. The van der Waals surface area contributed by atoms with Crippen molar-refractivity contribution in [2.75, 3.05) is 0 Å². The molecule has 10 heteroatoms. The number of aryl methyl sites for hydroxylation is 1. The summed E-state index contributed by atoms with van der Waals surface area (Å²) in [5, 5.41) is 13.3. The first-order valence-corrected chi connectivity index (χ1v) is 9.56. The van der Waals surface area contributed by atoms with Crippen LogP contribution < -0.4 is 10.4 Å². The SMILES string of the molecule is N#Cc1cncc(O[C@H]2C[C@H](n3nc4n(c3=O)[C@H](c3cc(F)cc(F)c3)CC4)C2)n1. The second-order valence-corrected chi connectivity index (χ2v) is 7.49. The van der Waals surface area contributed by atoms with Crippen LogP contribution in [0.25, 0.3) is 0 Å². The van der Waals surface area contributed by atoms with Gasteiger partial charge in [-0.15, -0.1) is 0 Å². The van der Waals surface area contributed by atoms with Crippen LogP contribution >= 0.6 is 0 Å². The predicted molar refractivity (Wildman–Crippen MR) is 98.7 cm³/mol. The Labute approximate surface area is 169 Å². The van der Waals surface area contributed by atoms with Crippen molar-refractivity contribution in [2.24, 2.45) is 0 Å². The molecule has 1 aromatic carbocycles. The molecule has 30 heavy (non-hydrogen) atoms. The molecule has 3 aromatic rings. The van der Waals surface area contributed by atoms with Crippen LogP contribution in [0.4, 0.5) is 8.78 Å². The molecule has 0 amide bonds. The number of benzene rings is 1. The molecule has 1 aliphatic heterocycles. The van der Waals surface area contributed by atoms with Crippen molar-refractivity contribution >= 4 is 0 Å². The standard InChI is InChI=1S/C20H16F2N6O2/c21-12-3-11(4-13(22)5-12)17-1-2-18-26-28(20(29)27(17)18)15-6-16(7-15)30-19-10-24-9-14(8-23)25-19/h3-5,9-10,15-17H,1-2,6-7H2/t15-,16-,17-/m0/s1. The lowest BCUT2D eigenvalue weighted by Crippen LogP contribution is -2.41. The van der Waals surface area contributed by atoms with Gasteiger partial charge in [0, 0.05) is 25.3 Å². The molecule has 1 aliphatic carbocycles. The number of nitrogens with zero attached hydrogens (tertiary/aromatic N) is 6. The van der Waals surface area contributed by atoms with Crippen LogP contribution in [0, 0.1) is 23.0 Å². The molecule has 0 unspecified atom stereocenters. The number of rotatable bonds is 4. The normalized spacial score (nSPS) is 22.2. The van der Waals surface area contributed by atoms with Crippen LogP contribution in [0.2, 0.25) is 0 Å². The maximum Gasteiger partial charge on any atom is 0.346 e. The van der Waals surface area contributed by atoms with Gasteiger partial charge in [-0.25, -0.2) is 18.3 Å².